The van der Waals surface area contributed by atoms with E-state index in [0.717, 1.165) is 87.2 Å². The van der Waals surface area contributed by atoms with Crippen LogP contribution in [0.4, 0.5) is 0 Å². The Hall–Kier alpha value is -2.42. The first-order valence-electron chi connectivity index (χ1n) is 17.8. The van der Waals surface area contributed by atoms with Crippen molar-refractivity contribution in [2.75, 3.05) is 19.6 Å². The van der Waals surface area contributed by atoms with E-state index in [4.69, 9.17) is 5.10 Å². The molecule has 0 unspecified atom stereocenters. The number of unbranched alkanes of at least 4 members (excludes halogenated alkanes) is 1. The number of halogens is 2. The van der Waals surface area contributed by atoms with Gasteiger partial charge in [0.05, 0.1) is 11.4 Å². The number of Topliss-reactive ketones (excluding diaryl/α,β-unsaturated/α-hetero) is 1. The number of aryl methyl sites for hydroxylation is 1. The van der Waals surface area contributed by atoms with E-state index in [1.54, 1.807) is 0 Å². The molecule has 2 saturated heterocycles. The molecule has 2 amide bonds. The van der Waals surface area contributed by atoms with Crippen molar-refractivity contribution in [3.8, 4) is 5.69 Å². The van der Waals surface area contributed by atoms with Gasteiger partial charge in [0, 0.05) is 48.9 Å². The molecule has 1 aromatic carbocycles. The molecule has 0 radical (unpaired) electrons. The molecule has 1 N–H and O–H groups in total. The zero-order valence-corrected chi connectivity index (χ0v) is 30.2. The molecule has 1 spiro atoms. The second-order valence-electron chi connectivity index (χ2n) is 14.4. The highest BCUT2D eigenvalue weighted by Gasteiger charge is 2.53. The number of aromatic nitrogens is 2. The Morgan fingerprint density at radius 1 is 0.936 bits per heavy atom. The fraction of sp³-hybridized carbons (Fsp3) is 0.676. The lowest BCUT2D eigenvalue weighted by molar-refractivity contribution is -0.162. The predicted molar refractivity (Wildman–Crippen MR) is 191 cm³/mol. The maximum atomic E-state index is 13.9. The van der Waals surface area contributed by atoms with Crippen LogP contribution in [0.2, 0.25) is 0 Å². The molecule has 4 aliphatic rings. The van der Waals surface area contributed by atoms with Crippen molar-refractivity contribution in [2.24, 2.45) is 11.8 Å². The summed E-state index contributed by atoms with van der Waals surface area (Å²) >= 11 is 0. The smallest absolute Gasteiger partial charge is 0.246 e. The van der Waals surface area contributed by atoms with Crippen molar-refractivity contribution in [3.05, 3.63) is 46.8 Å². The summed E-state index contributed by atoms with van der Waals surface area (Å²) in [5, 5.41) is 8.12. The van der Waals surface area contributed by atoms with Crippen LogP contribution in [-0.2, 0) is 16.1 Å². The molecule has 1 aromatic heterocycles. The first-order chi connectivity index (χ1) is 21.8. The summed E-state index contributed by atoms with van der Waals surface area (Å²) in [6, 6.07) is 7.57. The van der Waals surface area contributed by atoms with Crippen LogP contribution < -0.4 is 5.32 Å². The first-order valence-corrected chi connectivity index (χ1v) is 17.8. The SMILES string of the molecule is CCCCN1C(=O)[C@H](CC2CCCCC2)NC(=O)C12CCN(Cc1c(C)nn(-c3ccc(C(=O)C4CCCC4)cc3)c1C)CC2.Cl.Cl. The molecule has 2 aliphatic carbocycles. The largest absolute Gasteiger partial charge is 0.342 e. The fourth-order valence-corrected chi connectivity index (χ4v) is 8.58. The van der Waals surface area contributed by atoms with E-state index in [-0.39, 0.29) is 54.4 Å². The summed E-state index contributed by atoms with van der Waals surface area (Å²) in [5.41, 5.74) is 4.33. The summed E-state index contributed by atoms with van der Waals surface area (Å²) in [7, 11) is 0. The molecule has 47 heavy (non-hydrogen) atoms. The average molecular weight is 689 g/mol. The number of amides is 2. The summed E-state index contributed by atoms with van der Waals surface area (Å²) in [6.07, 6.45) is 14.5. The van der Waals surface area contributed by atoms with E-state index in [1.807, 2.05) is 33.8 Å². The third kappa shape index (κ3) is 7.75. The van der Waals surface area contributed by atoms with Gasteiger partial charge in [-0.05, 0) is 82.6 Å². The van der Waals surface area contributed by atoms with Crippen molar-refractivity contribution >= 4 is 42.4 Å². The van der Waals surface area contributed by atoms with Crippen molar-refractivity contribution in [2.45, 2.75) is 129 Å². The van der Waals surface area contributed by atoms with Crippen molar-refractivity contribution in [3.63, 3.8) is 0 Å². The second kappa shape index (κ2) is 16.3. The van der Waals surface area contributed by atoms with E-state index in [0.29, 0.717) is 25.3 Å². The maximum absolute atomic E-state index is 13.9. The van der Waals surface area contributed by atoms with Crippen LogP contribution >= 0.6 is 24.8 Å². The van der Waals surface area contributed by atoms with Crippen LogP contribution in [0.25, 0.3) is 5.69 Å². The molecule has 260 valence electrons. The van der Waals surface area contributed by atoms with Gasteiger partial charge in [0.1, 0.15) is 11.6 Å². The Morgan fingerprint density at radius 2 is 1.57 bits per heavy atom. The average Bonchev–Trinajstić information content (AvgIpc) is 3.70. The highest BCUT2D eigenvalue weighted by atomic mass is 35.5. The van der Waals surface area contributed by atoms with E-state index >= 15 is 0 Å². The van der Waals surface area contributed by atoms with E-state index in [1.165, 1.54) is 37.7 Å². The summed E-state index contributed by atoms with van der Waals surface area (Å²) in [5.74, 6) is 1.21. The van der Waals surface area contributed by atoms with Gasteiger partial charge in [-0.25, -0.2) is 4.68 Å². The van der Waals surface area contributed by atoms with Gasteiger partial charge in [-0.1, -0.05) is 58.3 Å². The molecule has 10 heteroatoms. The third-order valence-corrected chi connectivity index (χ3v) is 11.5. The minimum atomic E-state index is -0.738. The van der Waals surface area contributed by atoms with Gasteiger partial charge in [-0.3, -0.25) is 19.3 Å². The van der Waals surface area contributed by atoms with Crippen molar-refractivity contribution < 1.29 is 14.4 Å². The monoisotopic (exact) mass is 687 g/mol. The van der Waals surface area contributed by atoms with E-state index < -0.39 is 5.54 Å². The Kier molecular flexibility index (Phi) is 13.0. The van der Waals surface area contributed by atoms with E-state index in [9.17, 15) is 14.4 Å². The maximum Gasteiger partial charge on any atom is 0.246 e. The quantitative estimate of drug-likeness (QED) is 0.269. The number of hydrogen-bond donors (Lipinski definition) is 1. The van der Waals surface area contributed by atoms with Gasteiger partial charge in [-0.2, -0.15) is 5.10 Å². The molecule has 2 aliphatic heterocycles. The van der Waals surface area contributed by atoms with Crippen LogP contribution in [0.15, 0.2) is 24.3 Å². The third-order valence-electron chi connectivity index (χ3n) is 11.5. The Morgan fingerprint density at radius 3 is 2.21 bits per heavy atom. The zero-order chi connectivity index (χ0) is 31.6. The number of piperazine rings is 1. The topological polar surface area (TPSA) is 87.5 Å². The molecule has 1 atom stereocenters. The summed E-state index contributed by atoms with van der Waals surface area (Å²) in [6.45, 7) is 9.29. The second-order valence-corrected chi connectivity index (χ2v) is 14.4. The lowest BCUT2D eigenvalue weighted by atomic mass is 9.79. The van der Waals surface area contributed by atoms with Gasteiger partial charge in [0.2, 0.25) is 11.8 Å². The molecule has 0 bridgehead atoms. The molecule has 4 fully saturated rings. The number of hydrogen-bond acceptors (Lipinski definition) is 5. The zero-order valence-electron chi connectivity index (χ0n) is 28.6. The van der Waals surface area contributed by atoms with Crippen molar-refractivity contribution in [1.82, 2.24) is 24.9 Å². The standard InChI is InChI=1S/C37H53N5O3.2ClH/c1-4-5-21-41-35(44)33(24-28-11-7-6-8-12-28)38-36(45)37(41)19-22-40(23-20-37)25-32-26(2)39-42(27(32)3)31-17-15-30(16-18-31)34(43)29-13-9-10-14-29;;/h15-18,28-29,33H,4-14,19-25H2,1-3H3,(H,38,45);2*1H/t33-;;/m0../s1. The lowest BCUT2D eigenvalue weighted by Gasteiger charge is -2.52. The molecule has 6 rings (SSSR count). The van der Waals surface area contributed by atoms with Gasteiger partial charge in [-0.15, -0.1) is 24.8 Å². The minimum absolute atomic E-state index is 0. The number of carbonyl (C=O) groups excluding carboxylic acids is 3. The molecular weight excluding hydrogens is 633 g/mol. The number of benzene rings is 1. The van der Waals surface area contributed by atoms with Gasteiger partial charge >= 0.3 is 0 Å². The summed E-state index contributed by atoms with van der Waals surface area (Å²) in [4.78, 5) is 45.1. The number of carbonyl (C=O) groups is 3. The Bertz CT molecular complexity index is 1370. The van der Waals surface area contributed by atoms with Crippen LogP contribution in [-0.4, -0.2) is 68.4 Å². The number of ketones is 1. The van der Waals surface area contributed by atoms with Gasteiger partial charge in [0.25, 0.3) is 0 Å². The minimum Gasteiger partial charge on any atom is -0.342 e. The molecule has 2 aromatic rings. The van der Waals surface area contributed by atoms with Crippen LogP contribution in [0.3, 0.4) is 0 Å². The lowest BCUT2D eigenvalue weighted by Crippen LogP contribution is -2.73. The molecule has 8 nitrogen and oxygen atoms in total. The Balaban J connectivity index is 0.00000250. The van der Waals surface area contributed by atoms with Gasteiger partial charge in [0.15, 0.2) is 5.78 Å². The highest BCUT2D eigenvalue weighted by molar-refractivity contribution is 6.00. The van der Waals surface area contributed by atoms with Crippen LogP contribution in [0, 0.1) is 25.7 Å². The number of nitrogens with zero attached hydrogens (tertiary/aromatic N) is 4. The molecule has 2 saturated carbocycles. The number of piperidine rings is 1. The van der Waals surface area contributed by atoms with Gasteiger partial charge < -0.3 is 10.2 Å². The number of rotatable bonds is 10. The molecular formula is C37H55Cl2N5O3. The highest BCUT2D eigenvalue weighted by Crippen LogP contribution is 2.37. The predicted octanol–water partition coefficient (Wildman–Crippen LogP) is 7.14. The van der Waals surface area contributed by atoms with E-state index in [2.05, 4.69) is 31.0 Å². The van der Waals surface area contributed by atoms with Crippen LogP contribution in [0.5, 0.6) is 0 Å². The number of nitrogens with one attached hydrogen (secondary N) is 1. The Labute approximate surface area is 293 Å². The van der Waals surface area contributed by atoms with Crippen molar-refractivity contribution in [1.29, 1.82) is 0 Å². The number of likely N-dealkylation sites (tertiary alicyclic amines) is 1. The molecule has 3 heterocycles. The first kappa shape index (κ1) is 37.4. The summed E-state index contributed by atoms with van der Waals surface area (Å²) < 4.78 is 1.99. The normalized spacial score (nSPS) is 22.2. The fourth-order valence-electron chi connectivity index (χ4n) is 8.58. The van der Waals surface area contributed by atoms with Crippen LogP contribution in [0.1, 0.15) is 124 Å².